The van der Waals surface area contributed by atoms with Crippen LogP contribution in [0, 0.1) is 11.3 Å². The lowest BCUT2D eigenvalue weighted by Crippen LogP contribution is -2.01. The predicted molar refractivity (Wildman–Crippen MR) is 62.7 cm³/mol. The van der Waals surface area contributed by atoms with Crippen LogP contribution in [0.25, 0.3) is 6.08 Å². The van der Waals surface area contributed by atoms with Gasteiger partial charge in [-0.1, -0.05) is 36.4 Å². The summed E-state index contributed by atoms with van der Waals surface area (Å²) in [5.74, 6) is 0.532. The molecular weight excluding hydrogens is 206 g/mol. The zero-order valence-corrected chi connectivity index (χ0v) is 9.17. The van der Waals surface area contributed by atoms with Gasteiger partial charge in [0.2, 0.25) is 0 Å². The molecule has 1 aromatic rings. The molecule has 0 amide bonds. The highest BCUT2D eigenvalue weighted by atomic mass is 35.5. The first-order valence-electron chi connectivity index (χ1n) is 5.05. The maximum absolute atomic E-state index is 9.04. The fourth-order valence-corrected chi connectivity index (χ4v) is 1.77. The van der Waals surface area contributed by atoms with Gasteiger partial charge in [-0.15, -0.1) is 11.6 Å². The lowest BCUT2D eigenvalue weighted by atomic mass is 9.97. The number of nitrogens with zero attached hydrogens (tertiary/aromatic N) is 1. The van der Waals surface area contributed by atoms with Crippen molar-refractivity contribution in [2.45, 2.75) is 18.3 Å². The lowest BCUT2D eigenvalue weighted by molar-refractivity contribution is 0.908. The van der Waals surface area contributed by atoms with Gasteiger partial charge >= 0.3 is 0 Å². The van der Waals surface area contributed by atoms with Gasteiger partial charge in [-0.2, -0.15) is 5.26 Å². The number of hydrogen-bond donors (Lipinski definition) is 0. The number of hydrogen-bond acceptors (Lipinski definition) is 1. The topological polar surface area (TPSA) is 23.8 Å². The van der Waals surface area contributed by atoms with Gasteiger partial charge in [-0.05, 0) is 24.0 Å². The van der Waals surface area contributed by atoms with Crippen LogP contribution in [-0.4, -0.2) is 5.88 Å². The fraction of sp³-hybridized carbons (Fsp3) is 0.308. The minimum Gasteiger partial charge on any atom is -0.197 e. The van der Waals surface area contributed by atoms with Gasteiger partial charge in [0.25, 0.3) is 0 Å². The van der Waals surface area contributed by atoms with E-state index >= 15 is 0 Å². The Morgan fingerprint density at radius 3 is 2.47 bits per heavy atom. The molecule has 0 unspecified atom stereocenters. The fourth-order valence-electron chi connectivity index (χ4n) is 1.68. The van der Waals surface area contributed by atoms with Gasteiger partial charge in [-0.25, -0.2) is 0 Å². The van der Waals surface area contributed by atoms with Crippen LogP contribution in [0.15, 0.2) is 30.3 Å². The summed E-state index contributed by atoms with van der Waals surface area (Å²) in [6.07, 6.45) is 5.90. The van der Waals surface area contributed by atoms with Gasteiger partial charge in [0.15, 0.2) is 0 Å². The van der Waals surface area contributed by atoms with E-state index in [-0.39, 0.29) is 5.41 Å². The smallest absolute Gasteiger partial charge is 0.0823 e. The Morgan fingerprint density at radius 1 is 1.33 bits per heavy atom. The first-order valence-corrected chi connectivity index (χ1v) is 5.58. The molecule has 0 heterocycles. The third-order valence-electron chi connectivity index (χ3n) is 2.83. The van der Waals surface area contributed by atoms with Crippen LogP contribution < -0.4 is 0 Å². The quantitative estimate of drug-likeness (QED) is 0.711. The monoisotopic (exact) mass is 217 g/mol. The Bertz CT molecular complexity index is 407. The van der Waals surface area contributed by atoms with E-state index in [0.29, 0.717) is 5.88 Å². The van der Waals surface area contributed by atoms with E-state index in [0.717, 1.165) is 24.0 Å². The number of halogens is 1. The molecule has 1 fully saturated rings. The molecule has 0 atom stereocenters. The second-order valence-corrected chi connectivity index (χ2v) is 4.18. The first-order chi connectivity index (χ1) is 7.30. The first kappa shape index (κ1) is 10.3. The van der Waals surface area contributed by atoms with E-state index in [1.54, 1.807) is 0 Å². The maximum Gasteiger partial charge on any atom is 0.0823 e. The molecule has 0 spiro atoms. The number of alkyl halides is 1. The molecule has 0 aliphatic heterocycles. The molecule has 2 heteroatoms. The van der Waals surface area contributed by atoms with Crippen LogP contribution in [0.4, 0.5) is 0 Å². The molecule has 1 aliphatic carbocycles. The van der Waals surface area contributed by atoms with Gasteiger partial charge in [-0.3, -0.25) is 0 Å². The zero-order chi connectivity index (χ0) is 10.7. The molecule has 0 radical (unpaired) electrons. The van der Waals surface area contributed by atoms with Crippen molar-refractivity contribution >= 4 is 17.7 Å². The average Bonchev–Trinajstić information content (AvgIpc) is 3.08. The Labute approximate surface area is 95.0 Å². The molecule has 0 N–H and O–H groups in total. The van der Waals surface area contributed by atoms with E-state index in [2.05, 4.69) is 6.07 Å². The highest BCUT2D eigenvalue weighted by Gasteiger charge is 2.44. The van der Waals surface area contributed by atoms with E-state index < -0.39 is 0 Å². The van der Waals surface area contributed by atoms with Gasteiger partial charge in [0.05, 0.1) is 11.5 Å². The standard InChI is InChI=1S/C13H12ClN/c14-9-1-2-11-3-5-12(6-4-11)13(10-15)7-8-13/h1-6H,7-9H2. The number of benzene rings is 1. The number of rotatable bonds is 3. The summed E-state index contributed by atoms with van der Waals surface area (Å²) in [5.41, 5.74) is 2.11. The van der Waals surface area contributed by atoms with E-state index in [1.807, 2.05) is 36.4 Å². The zero-order valence-electron chi connectivity index (χ0n) is 8.41. The van der Waals surface area contributed by atoms with Crippen LogP contribution >= 0.6 is 11.6 Å². The van der Waals surface area contributed by atoms with Crippen LogP contribution in [-0.2, 0) is 5.41 Å². The second-order valence-electron chi connectivity index (χ2n) is 3.87. The van der Waals surface area contributed by atoms with Crippen LogP contribution in [0.2, 0.25) is 0 Å². The lowest BCUT2D eigenvalue weighted by Gasteiger charge is -2.05. The Kier molecular flexibility index (Phi) is 2.79. The molecule has 76 valence electrons. The average molecular weight is 218 g/mol. The van der Waals surface area contributed by atoms with E-state index in [9.17, 15) is 0 Å². The van der Waals surface area contributed by atoms with E-state index in [4.69, 9.17) is 16.9 Å². The predicted octanol–water partition coefficient (Wildman–Crippen LogP) is 3.49. The molecule has 1 nitrogen and oxygen atoms in total. The summed E-state index contributed by atoms with van der Waals surface area (Å²) in [4.78, 5) is 0. The SMILES string of the molecule is N#CC1(c2ccc(C=CCCl)cc2)CC1. The molecule has 1 saturated carbocycles. The third kappa shape index (κ3) is 2.06. The summed E-state index contributed by atoms with van der Waals surface area (Å²) < 4.78 is 0. The van der Waals surface area contributed by atoms with Crippen molar-refractivity contribution in [2.75, 3.05) is 5.88 Å². The molecule has 0 saturated heterocycles. The summed E-state index contributed by atoms with van der Waals surface area (Å²) in [5, 5.41) is 9.04. The summed E-state index contributed by atoms with van der Waals surface area (Å²) in [6.45, 7) is 0. The minimum atomic E-state index is -0.172. The third-order valence-corrected chi connectivity index (χ3v) is 3.00. The Hall–Kier alpha value is -1.26. The van der Waals surface area contributed by atoms with Crippen molar-refractivity contribution in [1.82, 2.24) is 0 Å². The molecule has 1 aromatic carbocycles. The summed E-state index contributed by atoms with van der Waals surface area (Å²) in [6, 6.07) is 10.6. The van der Waals surface area contributed by atoms with Crippen molar-refractivity contribution < 1.29 is 0 Å². The van der Waals surface area contributed by atoms with Gasteiger partial charge in [0.1, 0.15) is 0 Å². The summed E-state index contributed by atoms with van der Waals surface area (Å²) in [7, 11) is 0. The maximum atomic E-state index is 9.04. The second kappa shape index (κ2) is 4.08. The molecule has 15 heavy (non-hydrogen) atoms. The molecule has 0 aromatic heterocycles. The summed E-state index contributed by atoms with van der Waals surface area (Å²) >= 11 is 5.56. The van der Waals surface area contributed by atoms with Crippen LogP contribution in [0.5, 0.6) is 0 Å². The van der Waals surface area contributed by atoms with Crippen LogP contribution in [0.1, 0.15) is 24.0 Å². The largest absolute Gasteiger partial charge is 0.197 e. The minimum absolute atomic E-state index is 0.172. The highest BCUT2D eigenvalue weighted by molar-refractivity contribution is 6.19. The molecular formula is C13H12ClN. The van der Waals surface area contributed by atoms with Crippen molar-refractivity contribution in [3.8, 4) is 6.07 Å². The molecule has 2 rings (SSSR count). The van der Waals surface area contributed by atoms with Gasteiger partial charge in [0, 0.05) is 5.88 Å². The van der Waals surface area contributed by atoms with Crippen LogP contribution in [0.3, 0.4) is 0 Å². The number of allylic oxidation sites excluding steroid dienone is 1. The van der Waals surface area contributed by atoms with E-state index in [1.165, 1.54) is 0 Å². The Morgan fingerprint density at radius 2 is 2.00 bits per heavy atom. The van der Waals surface area contributed by atoms with Crippen molar-refractivity contribution in [2.24, 2.45) is 0 Å². The van der Waals surface area contributed by atoms with Gasteiger partial charge < -0.3 is 0 Å². The molecule has 1 aliphatic rings. The molecule has 0 bridgehead atoms. The normalized spacial score (nSPS) is 17.6. The van der Waals surface area contributed by atoms with Crippen molar-refractivity contribution in [3.05, 3.63) is 41.5 Å². The highest BCUT2D eigenvalue weighted by Crippen LogP contribution is 2.47. The number of nitriles is 1. The van der Waals surface area contributed by atoms with Crippen molar-refractivity contribution in [1.29, 1.82) is 5.26 Å². The Balaban J connectivity index is 2.18. The van der Waals surface area contributed by atoms with Crippen molar-refractivity contribution in [3.63, 3.8) is 0 Å².